The number of aromatic nitrogens is 5. The van der Waals surface area contributed by atoms with Crippen LogP contribution in [0.2, 0.25) is 0 Å². The van der Waals surface area contributed by atoms with Crippen molar-refractivity contribution in [2.75, 3.05) is 23.9 Å². The Bertz CT molecular complexity index is 529. The van der Waals surface area contributed by atoms with Gasteiger partial charge in [0.15, 0.2) is 0 Å². The Morgan fingerprint density at radius 2 is 2.21 bits per heavy atom. The minimum atomic E-state index is -2.50. The van der Waals surface area contributed by atoms with Gasteiger partial charge in [0.2, 0.25) is 11.9 Å². The molecule has 0 saturated carbocycles. The number of anilines is 2. The summed E-state index contributed by atoms with van der Waals surface area (Å²) in [6, 6.07) is 1.68. The molecule has 0 saturated heterocycles. The van der Waals surface area contributed by atoms with Gasteiger partial charge in [-0.15, -0.1) is 0 Å². The van der Waals surface area contributed by atoms with Gasteiger partial charge < -0.3 is 4.90 Å². The summed E-state index contributed by atoms with van der Waals surface area (Å²) in [5.74, 6) is 5.57. The number of nitrogens with zero attached hydrogens (tertiary/aromatic N) is 6. The lowest BCUT2D eigenvalue weighted by Crippen LogP contribution is -2.27. The number of rotatable bonds is 5. The Labute approximate surface area is 107 Å². The third kappa shape index (κ3) is 3.10. The molecule has 0 unspecified atom stereocenters. The number of hydrogen-bond donors (Lipinski definition) is 2. The van der Waals surface area contributed by atoms with Gasteiger partial charge in [0.25, 0.3) is 12.4 Å². The van der Waals surface area contributed by atoms with Crippen molar-refractivity contribution in [3.05, 3.63) is 18.5 Å². The Morgan fingerprint density at radius 3 is 2.79 bits per heavy atom. The van der Waals surface area contributed by atoms with Crippen LogP contribution < -0.4 is 16.2 Å². The Hall–Kier alpha value is -2.36. The van der Waals surface area contributed by atoms with Crippen LogP contribution in [0.5, 0.6) is 0 Å². The first-order valence-electron chi connectivity index (χ1n) is 5.32. The number of hydrogen-bond acceptors (Lipinski definition) is 7. The Balaban J connectivity index is 2.36. The zero-order chi connectivity index (χ0) is 13.8. The lowest BCUT2D eigenvalue weighted by molar-refractivity contribution is 0.156. The number of alkyl halides is 2. The molecule has 0 atom stereocenters. The Morgan fingerprint density at radius 1 is 1.42 bits per heavy atom. The van der Waals surface area contributed by atoms with Crippen LogP contribution in [0.4, 0.5) is 20.7 Å². The van der Waals surface area contributed by atoms with Gasteiger partial charge >= 0.3 is 0 Å². The third-order valence-electron chi connectivity index (χ3n) is 2.20. The van der Waals surface area contributed by atoms with Crippen molar-refractivity contribution in [2.24, 2.45) is 5.84 Å². The van der Waals surface area contributed by atoms with E-state index in [1.807, 2.05) is 0 Å². The van der Waals surface area contributed by atoms with Crippen molar-refractivity contribution in [3.8, 4) is 5.95 Å². The second-order valence-electron chi connectivity index (χ2n) is 3.63. The van der Waals surface area contributed by atoms with E-state index in [9.17, 15) is 8.78 Å². The van der Waals surface area contributed by atoms with E-state index in [2.05, 4.69) is 25.5 Å². The number of nitrogens with one attached hydrogen (secondary N) is 1. The van der Waals surface area contributed by atoms with E-state index >= 15 is 0 Å². The molecule has 0 aliphatic heterocycles. The summed E-state index contributed by atoms with van der Waals surface area (Å²) in [6.45, 7) is -0.493. The smallest absolute Gasteiger partial charge is 0.257 e. The van der Waals surface area contributed by atoms with Crippen LogP contribution in [0.3, 0.4) is 0 Å². The van der Waals surface area contributed by atoms with Crippen molar-refractivity contribution in [1.29, 1.82) is 0 Å². The lowest BCUT2D eigenvalue weighted by Gasteiger charge is -2.17. The van der Waals surface area contributed by atoms with Crippen LogP contribution in [0.25, 0.3) is 5.95 Å². The molecule has 2 heterocycles. The van der Waals surface area contributed by atoms with Crippen LogP contribution in [0, 0.1) is 0 Å². The molecule has 10 heteroatoms. The fourth-order valence-corrected chi connectivity index (χ4v) is 1.37. The molecule has 0 radical (unpaired) electrons. The van der Waals surface area contributed by atoms with Gasteiger partial charge in [-0.3, -0.25) is 5.43 Å². The fourth-order valence-electron chi connectivity index (χ4n) is 1.37. The van der Waals surface area contributed by atoms with Gasteiger partial charge in [-0.05, 0) is 6.07 Å². The Kier molecular flexibility index (Phi) is 3.80. The third-order valence-corrected chi connectivity index (χ3v) is 2.20. The summed E-state index contributed by atoms with van der Waals surface area (Å²) in [5, 5.41) is 3.95. The van der Waals surface area contributed by atoms with Crippen LogP contribution in [0.15, 0.2) is 18.5 Å². The highest BCUT2D eigenvalue weighted by Crippen LogP contribution is 2.12. The molecular weight excluding hydrogens is 258 g/mol. The predicted octanol–water partition coefficient (Wildman–Crippen LogP) is 0.0442. The van der Waals surface area contributed by atoms with E-state index in [0.717, 1.165) is 0 Å². The second kappa shape index (κ2) is 5.52. The quantitative estimate of drug-likeness (QED) is 0.585. The largest absolute Gasteiger partial charge is 0.338 e. The van der Waals surface area contributed by atoms with E-state index in [0.29, 0.717) is 0 Å². The maximum Gasteiger partial charge on any atom is 0.257 e. The number of nitrogen functional groups attached to an aromatic ring is 1. The van der Waals surface area contributed by atoms with E-state index in [1.54, 1.807) is 18.5 Å². The van der Waals surface area contributed by atoms with Crippen LogP contribution in [-0.4, -0.2) is 44.8 Å². The van der Waals surface area contributed by atoms with E-state index in [-0.39, 0.29) is 17.8 Å². The predicted molar refractivity (Wildman–Crippen MR) is 64.0 cm³/mol. The molecule has 0 aromatic carbocycles. The first kappa shape index (κ1) is 13.1. The molecule has 2 aromatic rings. The number of halogens is 2. The maximum absolute atomic E-state index is 12.4. The first-order valence-corrected chi connectivity index (χ1v) is 5.32. The minimum Gasteiger partial charge on any atom is -0.338 e. The van der Waals surface area contributed by atoms with Crippen LogP contribution in [-0.2, 0) is 0 Å². The fraction of sp³-hybridized carbons (Fsp3) is 0.333. The zero-order valence-electron chi connectivity index (χ0n) is 10.0. The highest BCUT2D eigenvalue weighted by molar-refractivity contribution is 5.38. The molecule has 102 valence electrons. The summed E-state index contributed by atoms with van der Waals surface area (Å²) in [7, 11) is 1.45. The number of nitrogens with two attached hydrogens (primary N) is 1. The maximum atomic E-state index is 12.4. The van der Waals surface area contributed by atoms with E-state index < -0.39 is 13.0 Å². The van der Waals surface area contributed by atoms with Crippen molar-refractivity contribution >= 4 is 11.9 Å². The summed E-state index contributed by atoms with van der Waals surface area (Å²) in [5.41, 5.74) is 2.26. The molecule has 3 N–H and O–H groups in total. The van der Waals surface area contributed by atoms with Crippen molar-refractivity contribution in [2.45, 2.75) is 6.43 Å². The molecule has 8 nitrogen and oxygen atoms in total. The topological polar surface area (TPSA) is 97.8 Å². The highest BCUT2D eigenvalue weighted by atomic mass is 19.3. The van der Waals surface area contributed by atoms with Gasteiger partial charge in [-0.25, -0.2) is 19.3 Å². The monoisotopic (exact) mass is 270 g/mol. The first-order chi connectivity index (χ1) is 9.10. The van der Waals surface area contributed by atoms with Gasteiger partial charge in [0.05, 0.1) is 6.54 Å². The SMILES string of the molecule is CN(CC(F)F)c1nc(NN)nc(-n2cccn2)n1. The van der Waals surface area contributed by atoms with Crippen LogP contribution in [0.1, 0.15) is 0 Å². The zero-order valence-corrected chi connectivity index (χ0v) is 10.0. The standard InChI is InChI=1S/C9H12F2N8/c1-18(5-6(10)11)8-14-7(17-12)15-9(16-8)19-4-2-3-13-19/h2-4,6H,5,12H2,1H3,(H,14,15,16,17). The van der Waals surface area contributed by atoms with Crippen LogP contribution >= 0.6 is 0 Å². The van der Waals surface area contributed by atoms with Gasteiger partial charge in [0, 0.05) is 19.4 Å². The summed E-state index contributed by atoms with van der Waals surface area (Å²) >= 11 is 0. The normalized spacial score (nSPS) is 10.8. The van der Waals surface area contributed by atoms with E-state index in [4.69, 9.17) is 5.84 Å². The van der Waals surface area contributed by atoms with Gasteiger partial charge in [0.1, 0.15) is 0 Å². The van der Waals surface area contributed by atoms with Crippen molar-refractivity contribution < 1.29 is 8.78 Å². The van der Waals surface area contributed by atoms with E-state index in [1.165, 1.54) is 16.6 Å². The molecule has 0 spiro atoms. The van der Waals surface area contributed by atoms with Crippen molar-refractivity contribution in [1.82, 2.24) is 24.7 Å². The molecule has 19 heavy (non-hydrogen) atoms. The molecule has 2 aromatic heterocycles. The molecule has 0 aliphatic rings. The number of hydrazine groups is 1. The summed E-state index contributed by atoms with van der Waals surface area (Å²) < 4.78 is 26.1. The average Bonchev–Trinajstić information content (AvgIpc) is 2.91. The molecule has 0 bridgehead atoms. The van der Waals surface area contributed by atoms with Gasteiger partial charge in [-0.1, -0.05) is 0 Å². The molecule has 0 fully saturated rings. The highest BCUT2D eigenvalue weighted by Gasteiger charge is 2.14. The van der Waals surface area contributed by atoms with Gasteiger partial charge in [-0.2, -0.15) is 20.1 Å². The molecular formula is C9H12F2N8. The second-order valence-corrected chi connectivity index (χ2v) is 3.63. The summed E-state index contributed by atoms with van der Waals surface area (Å²) in [4.78, 5) is 13.2. The molecule has 0 amide bonds. The van der Waals surface area contributed by atoms with Crippen molar-refractivity contribution in [3.63, 3.8) is 0 Å². The molecule has 2 rings (SSSR count). The molecule has 0 aliphatic carbocycles. The average molecular weight is 270 g/mol. The summed E-state index contributed by atoms with van der Waals surface area (Å²) in [6.07, 6.45) is 0.665. The lowest BCUT2D eigenvalue weighted by atomic mass is 10.6. The minimum absolute atomic E-state index is 0.0663.